The molecule has 2 bridgehead atoms. The predicted octanol–water partition coefficient (Wildman–Crippen LogP) is 4.74. The van der Waals surface area contributed by atoms with Gasteiger partial charge < -0.3 is 9.69 Å². The Balaban J connectivity index is 1.47. The number of rotatable bonds is 5. The van der Waals surface area contributed by atoms with Gasteiger partial charge in [0.1, 0.15) is 12.1 Å². The average molecular weight is 385 g/mol. The van der Waals surface area contributed by atoms with Crippen molar-refractivity contribution in [2.45, 2.75) is 63.8 Å². The monoisotopic (exact) mass is 384 g/mol. The summed E-state index contributed by atoms with van der Waals surface area (Å²) in [4.78, 5) is 16.0. The summed E-state index contributed by atoms with van der Waals surface area (Å²) >= 11 is 0. The van der Waals surface area contributed by atoms with Crippen LogP contribution in [0.5, 0.6) is 0 Å². The number of hydrogen-bond donors (Lipinski definition) is 0. The molecular weight excluding hydrogens is 351 g/mol. The number of likely N-dealkylation sites (tertiary alicyclic amines) is 1. The van der Waals surface area contributed by atoms with Crippen molar-refractivity contribution in [1.29, 1.82) is 0 Å². The van der Waals surface area contributed by atoms with Crippen molar-refractivity contribution in [3.63, 3.8) is 0 Å². The molecule has 0 amide bonds. The Bertz CT molecular complexity index is 702. The van der Waals surface area contributed by atoms with Gasteiger partial charge in [-0.25, -0.2) is 4.39 Å². The summed E-state index contributed by atoms with van der Waals surface area (Å²) in [6.07, 6.45) is 10.7. The highest BCUT2D eigenvalue weighted by atomic mass is 19.1. The maximum absolute atomic E-state index is 15.4. The first-order valence-corrected chi connectivity index (χ1v) is 11.4. The van der Waals surface area contributed by atoms with Gasteiger partial charge in [-0.15, -0.1) is 0 Å². The number of fused-ring (bicyclic) bond motifs is 4. The minimum atomic E-state index is -0.0226. The van der Waals surface area contributed by atoms with Gasteiger partial charge in [0.05, 0.1) is 0 Å². The van der Waals surface area contributed by atoms with Gasteiger partial charge in [0, 0.05) is 36.8 Å². The van der Waals surface area contributed by atoms with Gasteiger partial charge in [0.2, 0.25) is 0 Å². The van der Waals surface area contributed by atoms with Crippen LogP contribution in [0, 0.1) is 23.6 Å². The van der Waals surface area contributed by atoms with E-state index in [1.807, 2.05) is 0 Å². The first-order valence-electron chi connectivity index (χ1n) is 11.4. The molecule has 1 aromatic rings. The SMILES string of the molecule is O=CC1CC(c2cc(F)c(CN3CCCC3)c(N3CC4CCC(CC4)C3)c2)C1. The summed E-state index contributed by atoms with van der Waals surface area (Å²) in [5.74, 6) is 2.05. The molecule has 3 nitrogen and oxygen atoms in total. The zero-order valence-electron chi connectivity index (χ0n) is 16.9. The lowest BCUT2D eigenvalue weighted by atomic mass is 9.72. The Morgan fingerprint density at radius 3 is 2.25 bits per heavy atom. The third-order valence-corrected chi connectivity index (χ3v) is 7.88. The number of hydrogen-bond acceptors (Lipinski definition) is 3. The molecule has 28 heavy (non-hydrogen) atoms. The van der Waals surface area contributed by atoms with Crippen molar-refractivity contribution in [2.75, 3.05) is 31.1 Å². The molecule has 4 heteroatoms. The van der Waals surface area contributed by atoms with E-state index >= 15 is 4.39 Å². The highest BCUT2D eigenvalue weighted by Crippen LogP contribution is 2.44. The molecule has 0 aromatic heterocycles. The summed E-state index contributed by atoms with van der Waals surface area (Å²) in [7, 11) is 0. The Kier molecular flexibility index (Phi) is 5.17. The third kappa shape index (κ3) is 3.60. The zero-order valence-corrected chi connectivity index (χ0v) is 16.9. The van der Waals surface area contributed by atoms with Crippen LogP contribution in [0.2, 0.25) is 0 Å². The lowest BCUT2D eigenvalue weighted by Crippen LogP contribution is -2.31. The number of anilines is 1. The largest absolute Gasteiger partial charge is 0.371 e. The van der Waals surface area contributed by atoms with Crippen LogP contribution in [0.3, 0.4) is 0 Å². The minimum absolute atomic E-state index is 0.0226. The molecule has 0 atom stereocenters. The molecule has 152 valence electrons. The van der Waals surface area contributed by atoms with E-state index in [9.17, 15) is 4.79 Å². The van der Waals surface area contributed by atoms with Gasteiger partial charge in [-0.05, 0) is 99.9 Å². The van der Waals surface area contributed by atoms with Crippen LogP contribution in [-0.2, 0) is 11.3 Å². The molecule has 1 aromatic carbocycles. The van der Waals surface area contributed by atoms with E-state index in [1.165, 1.54) is 38.5 Å². The fraction of sp³-hybridized carbons (Fsp3) is 0.708. The molecule has 5 fully saturated rings. The van der Waals surface area contributed by atoms with Gasteiger partial charge in [-0.1, -0.05) is 0 Å². The van der Waals surface area contributed by atoms with E-state index < -0.39 is 0 Å². The van der Waals surface area contributed by atoms with Crippen LogP contribution in [0.15, 0.2) is 12.1 Å². The van der Waals surface area contributed by atoms with Crippen LogP contribution in [0.25, 0.3) is 0 Å². The maximum atomic E-state index is 15.4. The van der Waals surface area contributed by atoms with Crippen molar-refractivity contribution in [1.82, 2.24) is 4.90 Å². The van der Waals surface area contributed by atoms with Crippen LogP contribution in [0.4, 0.5) is 10.1 Å². The first-order chi connectivity index (χ1) is 13.7. The number of carbonyl (C=O) groups excluding carboxylic acids is 1. The third-order valence-electron chi connectivity index (χ3n) is 7.88. The Hall–Kier alpha value is -1.42. The number of benzene rings is 1. The van der Waals surface area contributed by atoms with Crippen molar-refractivity contribution < 1.29 is 9.18 Å². The highest BCUT2D eigenvalue weighted by molar-refractivity contribution is 5.60. The lowest BCUT2D eigenvalue weighted by molar-refractivity contribution is -0.113. The fourth-order valence-electron chi connectivity index (χ4n) is 6.02. The van der Waals surface area contributed by atoms with Crippen LogP contribution in [-0.4, -0.2) is 37.4 Å². The first kappa shape index (κ1) is 18.6. The second-order valence-corrected chi connectivity index (χ2v) is 9.84. The molecule has 3 saturated heterocycles. The number of halogens is 1. The molecule has 2 saturated carbocycles. The van der Waals surface area contributed by atoms with Crippen molar-refractivity contribution in [3.8, 4) is 0 Å². The van der Waals surface area contributed by atoms with Gasteiger partial charge in [0.25, 0.3) is 0 Å². The lowest BCUT2D eigenvalue weighted by Gasteiger charge is -2.35. The van der Waals surface area contributed by atoms with Gasteiger partial charge in [0.15, 0.2) is 0 Å². The minimum Gasteiger partial charge on any atom is -0.371 e. The Morgan fingerprint density at radius 1 is 1.00 bits per heavy atom. The Labute approximate surface area is 168 Å². The van der Waals surface area contributed by atoms with Gasteiger partial charge in [-0.2, -0.15) is 0 Å². The summed E-state index contributed by atoms with van der Waals surface area (Å²) in [6, 6.07) is 4.08. The molecule has 0 radical (unpaired) electrons. The molecular formula is C24H33FN2O. The maximum Gasteiger partial charge on any atom is 0.130 e. The van der Waals surface area contributed by atoms with E-state index in [0.29, 0.717) is 5.92 Å². The number of aldehydes is 1. The second kappa shape index (κ2) is 7.78. The summed E-state index contributed by atoms with van der Waals surface area (Å²) in [5, 5.41) is 0. The second-order valence-electron chi connectivity index (χ2n) is 9.84. The molecule has 6 rings (SSSR count). The molecule has 3 aliphatic heterocycles. The molecule has 0 N–H and O–H groups in total. The molecule has 5 aliphatic rings. The van der Waals surface area contributed by atoms with E-state index in [4.69, 9.17) is 0 Å². The van der Waals surface area contributed by atoms with Crippen LogP contribution >= 0.6 is 0 Å². The number of carbonyl (C=O) groups is 1. The fourth-order valence-corrected chi connectivity index (χ4v) is 6.02. The number of nitrogens with zero attached hydrogens (tertiary/aromatic N) is 2. The summed E-state index contributed by atoms with van der Waals surface area (Å²) in [6.45, 7) is 5.11. The molecule has 0 unspecified atom stereocenters. The van der Waals surface area contributed by atoms with Crippen molar-refractivity contribution >= 4 is 12.0 Å². The van der Waals surface area contributed by atoms with E-state index in [1.54, 1.807) is 6.07 Å². The average Bonchev–Trinajstić information content (AvgIpc) is 2.99. The summed E-state index contributed by atoms with van der Waals surface area (Å²) < 4.78 is 15.4. The normalized spacial score (nSPS) is 33.0. The predicted molar refractivity (Wildman–Crippen MR) is 110 cm³/mol. The van der Waals surface area contributed by atoms with Crippen LogP contribution in [0.1, 0.15) is 68.4 Å². The van der Waals surface area contributed by atoms with E-state index in [2.05, 4.69) is 15.9 Å². The Morgan fingerprint density at radius 2 is 1.64 bits per heavy atom. The van der Waals surface area contributed by atoms with Crippen LogP contribution < -0.4 is 4.90 Å². The van der Waals surface area contributed by atoms with E-state index in [-0.39, 0.29) is 11.7 Å². The van der Waals surface area contributed by atoms with Gasteiger partial charge >= 0.3 is 0 Å². The quantitative estimate of drug-likeness (QED) is 0.685. The molecule has 2 aliphatic carbocycles. The topological polar surface area (TPSA) is 23.6 Å². The summed E-state index contributed by atoms with van der Waals surface area (Å²) in [5.41, 5.74) is 3.20. The molecule has 0 spiro atoms. The van der Waals surface area contributed by atoms with Gasteiger partial charge in [-0.3, -0.25) is 4.90 Å². The smallest absolute Gasteiger partial charge is 0.130 e. The van der Waals surface area contributed by atoms with Crippen molar-refractivity contribution in [2.24, 2.45) is 17.8 Å². The zero-order chi connectivity index (χ0) is 19.1. The molecule has 3 heterocycles. The van der Waals surface area contributed by atoms with Crippen molar-refractivity contribution in [3.05, 3.63) is 29.1 Å². The highest BCUT2D eigenvalue weighted by Gasteiger charge is 2.34. The van der Waals surface area contributed by atoms with E-state index in [0.717, 1.165) is 80.5 Å². The standard InChI is InChI=1S/C24H33FN2O/c25-23-11-21(20-9-19(10-20)16-28)12-24(22(23)15-26-7-1-2-8-26)27-13-17-3-4-18(14-27)6-5-17/h11-12,16-20H,1-10,13-15H2.